The van der Waals surface area contributed by atoms with Crippen molar-refractivity contribution in [3.05, 3.63) is 47.0 Å². The number of hydrogen-bond acceptors (Lipinski definition) is 4. The Morgan fingerprint density at radius 2 is 1.96 bits per heavy atom. The van der Waals surface area contributed by atoms with E-state index in [2.05, 4.69) is 15.5 Å². The van der Waals surface area contributed by atoms with Gasteiger partial charge in [-0.15, -0.1) is 21.8 Å². The molecular formula is C16H16Cl2N4O. The van der Waals surface area contributed by atoms with Gasteiger partial charge < -0.3 is 10.4 Å². The zero-order valence-corrected chi connectivity index (χ0v) is 14.0. The Kier molecular flexibility index (Phi) is 4.71. The fourth-order valence-corrected chi connectivity index (χ4v) is 2.42. The summed E-state index contributed by atoms with van der Waals surface area (Å²) in [6, 6.07) is 11.4. The van der Waals surface area contributed by atoms with Gasteiger partial charge in [-0.1, -0.05) is 17.7 Å². The zero-order valence-electron chi connectivity index (χ0n) is 12.5. The molecular weight excluding hydrogens is 335 g/mol. The molecule has 120 valence electrons. The number of nitrogens with one attached hydrogen (secondary N) is 1. The third kappa shape index (κ3) is 3.58. The van der Waals surface area contributed by atoms with Crippen LogP contribution in [0.25, 0.3) is 16.7 Å². The number of anilines is 1. The maximum atomic E-state index is 9.49. The van der Waals surface area contributed by atoms with E-state index in [-0.39, 0.29) is 5.88 Å². The number of benzene rings is 2. The second-order valence-corrected chi connectivity index (χ2v) is 6.03. The van der Waals surface area contributed by atoms with Gasteiger partial charge in [0.1, 0.15) is 11.0 Å². The second-order valence-electron chi connectivity index (χ2n) is 5.32. The highest BCUT2D eigenvalue weighted by atomic mass is 35.5. The smallest absolute Gasteiger partial charge is 0.115 e. The molecule has 0 radical (unpaired) electrons. The Balaban J connectivity index is 1.88. The third-order valence-corrected chi connectivity index (χ3v) is 4.25. The first kappa shape index (κ1) is 16.1. The van der Waals surface area contributed by atoms with Crippen LogP contribution in [0, 0.1) is 6.92 Å². The van der Waals surface area contributed by atoms with Crippen LogP contribution in [0.5, 0.6) is 0 Å². The van der Waals surface area contributed by atoms with Crippen molar-refractivity contribution in [3.63, 3.8) is 0 Å². The minimum absolute atomic E-state index is 0.194. The number of alkyl halides is 1. The molecule has 2 aromatic carbocycles. The molecule has 23 heavy (non-hydrogen) atoms. The van der Waals surface area contributed by atoms with Crippen molar-refractivity contribution in [2.75, 3.05) is 17.7 Å². The van der Waals surface area contributed by atoms with Crippen LogP contribution < -0.4 is 5.32 Å². The van der Waals surface area contributed by atoms with Crippen LogP contribution in [0.3, 0.4) is 0 Å². The lowest BCUT2D eigenvalue weighted by molar-refractivity contribution is 0.211. The van der Waals surface area contributed by atoms with E-state index in [1.54, 1.807) is 4.80 Å². The van der Waals surface area contributed by atoms with Gasteiger partial charge in [0.2, 0.25) is 0 Å². The monoisotopic (exact) mass is 350 g/mol. The van der Waals surface area contributed by atoms with E-state index < -0.39 is 6.10 Å². The van der Waals surface area contributed by atoms with Crippen molar-refractivity contribution in [1.82, 2.24) is 15.0 Å². The van der Waals surface area contributed by atoms with Gasteiger partial charge in [-0.25, -0.2) is 0 Å². The van der Waals surface area contributed by atoms with Gasteiger partial charge in [0.15, 0.2) is 0 Å². The molecule has 2 N–H and O–H groups in total. The van der Waals surface area contributed by atoms with Crippen LogP contribution in [-0.4, -0.2) is 38.6 Å². The molecule has 0 aliphatic carbocycles. The highest BCUT2D eigenvalue weighted by molar-refractivity contribution is 6.31. The predicted molar refractivity (Wildman–Crippen MR) is 93.8 cm³/mol. The van der Waals surface area contributed by atoms with Gasteiger partial charge in [-0.3, -0.25) is 0 Å². The van der Waals surface area contributed by atoms with Crippen LogP contribution in [0.15, 0.2) is 36.4 Å². The molecule has 1 aromatic heterocycles. The molecule has 1 heterocycles. The number of halogens is 2. The van der Waals surface area contributed by atoms with E-state index in [0.29, 0.717) is 11.6 Å². The fraction of sp³-hybridized carbons (Fsp3) is 0.250. The topological polar surface area (TPSA) is 63.0 Å². The summed E-state index contributed by atoms with van der Waals surface area (Å²) in [6.07, 6.45) is -0.585. The molecule has 0 saturated heterocycles. The van der Waals surface area contributed by atoms with Crippen molar-refractivity contribution in [3.8, 4) is 5.69 Å². The number of aromatic nitrogens is 3. The SMILES string of the molecule is Cc1ccc(-n2nc3ccc(NCC(O)CCl)cc3n2)cc1Cl. The van der Waals surface area contributed by atoms with Crippen LogP contribution in [0.4, 0.5) is 5.69 Å². The van der Waals surface area contributed by atoms with Gasteiger partial charge in [-0.05, 0) is 42.8 Å². The molecule has 5 nitrogen and oxygen atoms in total. The molecule has 3 aromatic rings. The minimum Gasteiger partial charge on any atom is -0.390 e. The lowest BCUT2D eigenvalue weighted by Crippen LogP contribution is -2.20. The quantitative estimate of drug-likeness (QED) is 0.692. The summed E-state index contributed by atoms with van der Waals surface area (Å²) >= 11 is 11.7. The molecule has 0 bridgehead atoms. The number of nitrogens with zero attached hydrogens (tertiary/aromatic N) is 3. The van der Waals surface area contributed by atoms with E-state index in [1.807, 2.05) is 43.3 Å². The van der Waals surface area contributed by atoms with Gasteiger partial charge in [-0.2, -0.15) is 4.80 Å². The Morgan fingerprint density at radius 3 is 2.70 bits per heavy atom. The first-order chi connectivity index (χ1) is 11.1. The predicted octanol–water partition coefficient (Wildman–Crippen LogP) is 3.39. The fourth-order valence-electron chi connectivity index (χ4n) is 2.14. The molecule has 0 aliphatic rings. The summed E-state index contributed by atoms with van der Waals surface area (Å²) in [4.78, 5) is 1.56. The largest absolute Gasteiger partial charge is 0.390 e. The summed E-state index contributed by atoms with van der Waals surface area (Å²) in [5.41, 5.74) is 4.22. The van der Waals surface area contributed by atoms with E-state index in [4.69, 9.17) is 23.2 Å². The average Bonchev–Trinajstić information content (AvgIpc) is 2.98. The molecule has 0 aliphatic heterocycles. The summed E-state index contributed by atoms with van der Waals surface area (Å²) in [6.45, 7) is 2.34. The minimum atomic E-state index is -0.585. The number of fused-ring (bicyclic) bond motifs is 1. The Hall–Kier alpha value is -1.82. The maximum Gasteiger partial charge on any atom is 0.115 e. The Morgan fingerprint density at radius 1 is 1.17 bits per heavy atom. The third-order valence-electron chi connectivity index (χ3n) is 3.49. The number of aliphatic hydroxyl groups is 1. The Labute approximate surface area is 143 Å². The molecule has 7 heteroatoms. The number of hydrogen-bond donors (Lipinski definition) is 2. The van der Waals surface area contributed by atoms with E-state index >= 15 is 0 Å². The number of aliphatic hydroxyl groups excluding tert-OH is 1. The van der Waals surface area contributed by atoms with Gasteiger partial charge >= 0.3 is 0 Å². The van der Waals surface area contributed by atoms with Gasteiger partial charge in [0.25, 0.3) is 0 Å². The zero-order chi connectivity index (χ0) is 16.4. The van der Waals surface area contributed by atoms with Crippen molar-refractivity contribution < 1.29 is 5.11 Å². The molecule has 0 amide bonds. The lowest BCUT2D eigenvalue weighted by Gasteiger charge is -2.09. The van der Waals surface area contributed by atoms with Crippen LogP contribution in [-0.2, 0) is 0 Å². The van der Waals surface area contributed by atoms with E-state index in [9.17, 15) is 5.11 Å². The maximum absolute atomic E-state index is 9.49. The van der Waals surface area contributed by atoms with Gasteiger partial charge in [0, 0.05) is 17.3 Å². The van der Waals surface area contributed by atoms with Crippen molar-refractivity contribution in [1.29, 1.82) is 0 Å². The standard InChI is InChI=1S/C16H16Cl2N4O/c1-10-2-4-12(7-14(10)18)22-20-15-5-3-11(6-16(15)21-22)19-9-13(23)8-17/h2-7,13,19,23H,8-9H2,1H3. The highest BCUT2D eigenvalue weighted by Gasteiger charge is 2.08. The highest BCUT2D eigenvalue weighted by Crippen LogP contribution is 2.21. The Bertz CT molecular complexity index is 834. The molecule has 3 rings (SSSR count). The van der Waals surface area contributed by atoms with Crippen LogP contribution >= 0.6 is 23.2 Å². The van der Waals surface area contributed by atoms with Gasteiger partial charge in [0.05, 0.1) is 17.7 Å². The van der Waals surface area contributed by atoms with E-state index in [0.717, 1.165) is 28.0 Å². The van der Waals surface area contributed by atoms with Crippen LogP contribution in [0.1, 0.15) is 5.56 Å². The first-order valence-electron chi connectivity index (χ1n) is 7.18. The van der Waals surface area contributed by atoms with E-state index in [1.165, 1.54) is 0 Å². The molecule has 0 fully saturated rings. The summed E-state index contributed by atoms with van der Waals surface area (Å²) in [5, 5.41) is 22.2. The van der Waals surface area contributed by atoms with Crippen molar-refractivity contribution >= 4 is 39.9 Å². The molecule has 0 spiro atoms. The molecule has 0 saturated carbocycles. The number of aryl methyl sites for hydroxylation is 1. The summed E-state index contributed by atoms with van der Waals surface area (Å²) in [5.74, 6) is 0.194. The summed E-state index contributed by atoms with van der Waals surface area (Å²) in [7, 11) is 0. The molecule has 1 unspecified atom stereocenters. The lowest BCUT2D eigenvalue weighted by atomic mass is 10.2. The van der Waals surface area contributed by atoms with Crippen molar-refractivity contribution in [2.45, 2.75) is 13.0 Å². The average molecular weight is 351 g/mol. The first-order valence-corrected chi connectivity index (χ1v) is 8.09. The van der Waals surface area contributed by atoms with Crippen molar-refractivity contribution in [2.24, 2.45) is 0 Å². The van der Waals surface area contributed by atoms with Crippen LogP contribution in [0.2, 0.25) is 5.02 Å². The number of rotatable bonds is 5. The molecule has 1 atom stereocenters. The normalized spacial score (nSPS) is 12.5. The second kappa shape index (κ2) is 6.74. The summed E-state index contributed by atoms with van der Waals surface area (Å²) < 4.78 is 0.